The Morgan fingerprint density at radius 3 is 2.63 bits per heavy atom. The third-order valence-electron chi connectivity index (χ3n) is 3.35. The lowest BCUT2D eigenvalue weighted by atomic mass is 9.96. The first kappa shape index (κ1) is 12.4. The molecule has 2 fully saturated rings. The van der Waals surface area contributed by atoms with Gasteiger partial charge in [-0.3, -0.25) is 5.43 Å². The van der Waals surface area contributed by atoms with Crippen molar-refractivity contribution < 1.29 is 9.47 Å². The van der Waals surface area contributed by atoms with Crippen LogP contribution in [0.5, 0.6) is 6.01 Å². The molecule has 1 aromatic heterocycles. The quantitative estimate of drug-likeness (QED) is 0.577. The van der Waals surface area contributed by atoms with Crippen molar-refractivity contribution in [3.63, 3.8) is 0 Å². The molecule has 2 heterocycles. The van der Waals surface area contributed by atoms with E-state index in [2.05, 4.69) is 20.4 Å². The molecule has 2 aliphatic rings. The molecule has 0 amide bonds. The van der Waals surface area contributed by atoms with Crippen LogP contribution in [0.2, 0.25) is 0 Å². The first-order valence-electron chi connectivity index (χ1n) is 6.57. The topological polar surface area (TPSA) is 98.4 Å². The molecule has 0 bridgehead atoms. The molecule has 3 N–H and O–H groups in total. The number of nitrogens with zero attached hydrogens (tertiary/aromatic N) is 4. The number of nitrogens with two attached hydrogens (primary N) is 1. The van der Waals surface area contributed by atoms with Gasteiger partial charge in [-0.2, -0.15) is 15.0 Å². The average Bonchev–Trinajstić information content (AvgIpc) is 2.43. The number of hydrogen-bond acceptors (Lipinski definition) is 8. The summed E-state index contributed by atoms with van der Waals surface area (Å²) in [6.45, 7) is 2.87. The van der Waals surface area contributed by atoms with E-state index in [1.807, 2.05) is 4.90 Å². The van der Waals surface area contributed by atoms with Gasteiger partial charge in [0, 0.05) is 13.1 Å². The molecule has 1 saturated heterocycles. The molecule has 1 aliphatic carbocycles. The minimum absolute atomic E-state index is 0.227. The van der Waals surface area contributed by atoms with Crippen LogP contribution < -0.4 is 20.9 Å². The van der Waals surface area contributed by atoms with Gasteiger partial charge in [0.25, 0.3) is 0 Å². The number of nitrogens with one attached hydrogen (secondary N) is 1. The van der Waals surface area contributed by atoms with Gasteiger partial charge in [-0.25, -0.2) is 5.84 Å². The zero-order valence-electron chi connectivity index (χ0n) is 10.7. The normalized spacial score (nSPS) is 19.9. The maximum atomic E-state index is 5.71. The Kier molecular flexibility index (Phi) is 3.60. The second-order valence-corrected chi connectivity index (χ2v) is 4.66. The molecule has 1 saturated carbocycles. The van der Waals surface area contributed by atoms with Gasteiger partial charge >= 0.3 is 6.01 Å². The molecule has 0 aromatic carbocycles. The third-order valence-corrected chi connectivity index (χ3v) is 3.35. The number of morpholine rings is 1. The number of rotatable bonds is 4. The predicted molar refractivity (Wildman–Crippen MR) is 68.9 cm³/mol. The van der Waals surface area contributed by atoms with Crippen molar-refractivity contribution in [2.45, 2.75) is 25.4 Å². The van der Waals surface area contributed by atoms with E-state index in [9.17, 15) is 0 Å². The lowest BCUT2D eigenvalue weighted by molar-refractivity contribution is 0.107. The van der Waals surface area contributed by atoms with Gasteiger partial charge in [-0.15, -0.1) is 0 Å². The van der Waals surface area contributed by atoms with Crippen molar-refractivity contribution in [3.05, 3.63) is 0 Å². The summed E-state index contributed by atoms with van der Waals surface area (Å²) in [4.78, 5) is 14.8. The van der Waals surface area contributed by atoms with Gasteiger partial charge in [0.05, 0.1) is 13.2 Å². The summed E-state index contributed by atoms with van der Waals surface area (Å²) in [5.74, 6) is 6.30. The Labute approximate surface area is 111 Å². The van der Waals surface area contributed by atoms with Crippen LogP contribution in [0.25, 0.3) is 0 Å². The van der Waals surface area contributed by atoms with Crippen molar-refractivity contribution >= 4 is 11.9 Å². The Balaban J connectivity index is 1.78. The summed E-state index contributed by atoms with van der Waals surface area (Å²) in [6.07, 6.45) is 3.55. The van der Waals surface area contributed by atoms with Gasteiger partial charge in [-0.05, 0) is 19.3 Å². The summed E-state index contributed by atoms with van der Waals surface area (Å²) in [5.41, 5.74) is 2.46. The first-order valence-corrected chi connectivity index (χ1v) is 6.57. The highest BCUT2D eigenvalue weighted by atomic mass is 16.5. The van der Waals surface area contributed by atoms with Crippen molar-refractivity contribution in [2.24, 2.45) is 5.84 Å². The summed E-state index contributed by atoms with van der Waals surface area (Å²) < 4.78 is 11.0. The molecule has 0 atom stereocenters. The van der Waals surface area contributed by atoms with Crippen LogP contribution in [-0.4, -0.2) is 47.4 Å². The minimum atomic E-state index is 0.227. The molecule has 0 spiro atoms. The van der Waals surface area contributed by atoms with Crippen LogP contribution >= 0.6 is 0 Å². The van der Waals surface area contributed by atoms with Crippen LogP contribution in [-0.2, 0) is 4.74 Å². The monoisotopic (exact) mass is 266 g/mol. The molecule has 3 rings (SSSR count). The molecule has 104 valence electrons. The van der Waals surface area contributed by atoms with Crippen molar-refractivity contribution in [1.29, 1.82) is 0 Å². The maximum absolute atomic E-state index is 5.71. The van der Waals surface area contributed by atoms with Crippen LogP contribution in [0, 0.1) is 0 Å². The van der Waals surface area contributed by atoms with E-state index >= 15 is 0 Å². The zero-order valence-corrected chi connectivity index (χ0v) is 10.7. The molecule has 1 aromatic rings. The Morgan fingerprint density at radius 1 is 1.21 bits per heavy atom. The largest absolute Gasteiger partial charge is 0.460 e. The zero-order chi connectivity index (χ0) is 13.1. The molecule has 0 unspecified atom stereocenters. The second kappa shape index (κ2) is 5.54. The number of anilines is 2. The average molecular weight is 266 g/mol. The lowest BCUT2D eigenvalue weighted by Crippen LogP contribution is -2.38. The van der Waals surface area contributed by atoms with Crippen LogP contribution in [0.15, 0.2) is 0 Å². The van der Waals surface area contributed by atoms with Crippen molar-refractivity contribution in [2.75, 3.05) is 36.6 Å². The standard InChI is InChI=1S/C11H18N6O2/c12-16-9-13-10(17-4-6-18-7-5-17)15-11(14-9)19-8-2-1-3-8/h8H,1-7,12H2,(H,13,14,15,16). The van der Waals surface area contributed by atoms with Crippen LogP contribution in [0.4, 0.5) is 11.9 Å². The third kappa shape index (κ3) is 2.85. The van der Waals surface area contributed by atoms with Gasteiger partial charge in [-0.1, -0.05) is 0 Å². The van der Waals surface area contributed by atoms with Gasteiger partial charge in [0.2, 0.25) is 11.9 Å². The van der Waals surface area contributed by atoms with E-state index in [4.69, 9.17) is 15.3 Å². The summed E-state index contributed by atoms with van der Waals surface area (Å²) in [5, 5.41) is 0. The van der Waals surface area contributed by atoms with Crippen LogP contribution in [0.3, 0.4) is 0 Å². The van der Waals surface area contributed by atoms with Crippen LogP contribution in [0.1, 0.15) is 19.3 Å². The molecule has 0 radical (unpaired) electrons. The Hall–Kier alpha value is -1.67. The summed E-state index contributed by atoms with van der Waals surface area (Å²) in [7, 11) is 0. The molecular formula is C11H18N6O2. The first-order chi connectivity index (χ1) is 9.35. The highest BCUT2D eigenvalue weighted by molar-refractivity contribution is 5.38. The van der Waals surface area contributed by atoms with Gasteiger partial charge < -0.3 is 14.4 Å². The lowest BCUT2D eigenvalue weighted by Gasteiger charge is -2.28. The Bertz CT molecular complexity index is 433. The highest BCUT2D eigenvalue weighted by Crippen LogP contribution is 2.24. The number of ether oxygens (including phenoxy) is 2. The molecule has 8 heteroatoms. The summed E-state index contributed by atoms with van der Waals surface area (Å²) >= 11 is 0. The van der Waals surface area contributed by atoms with E-state index in [-0.39, 0.29) is 6.10 Å². The smallest absolute Gasteiger partial charge is 0.323 e. The number of nitrogen functional groups attached to an aromatic ring is 1. The van der Waals surface area contributed by atoms with E-state index < -0.39 is 0 Å². The Morgan fingerprint density at radius 2 is 2.00 bits per heavy atom. The second-order valence-electron chi connectivity index (χ2n) is 4.66. The van der Waals surface area contributed by atoms with E-state index in [0.717, 1.165) is 25.9 Å². The fourth-order valence-corrected chi connectivity index (χ4v) is 2.01. The van der Waals surface area contributed by atoms with E-state index in [1.54, 1.807) is 0 Å². The highest BCUT2D eigenvalue weighted by Gasteiger charge is 2.22. The molecule has 19 heavy (non-hydrogen) atoms. The van der Waals surface area contributed by atoms with Gasteiger partial charge in [0.15, 0.2) is 0 Å². The number of hydrogen-bond donors (Lipinski definition) is 2. The van der Waals surface area contributed by atoms with E-state index in [0.29, 0.717) is 31.1 Å². The van der Waals surface area contributed by atoms with Crippen molar-refractivity contribution in [1.82, 2.24) is 15.0 Å². The number of hydrazine groups is 1. The number of aromatic nitrogens is 3. The summed E-state index contributed by atoms with van der Waals surface area (Å²) in [6, 6.07) is 0.342. The molecule has 1 aliphatic heterocycles. The fraction of sp³-hybridized carbons (Fsp3) is 0.727. The predicted octanol–water partition coefficient (Wildman–Crippen LogP) is -0.0749. The van der Waals surface area contributed by atoms with Crippen molar-refractivity contribution in [3.8, 4) is 6.01 Å². The minimum Gasteiger partial charge on any atom is -0.460 e. The fourth-order valence-electron chi connectivity index (χ4n) is 2.01. The van der Waals surface area contributed by atoms with Gasteiger partial charge in [0.1, 0.15) is 6.10 Å². The maximum Gasteiger partial charge on any atom is 0.323 e. The van der Waals surface area contributed by atoms with E-state index in [1.165, 1.54) is 6.42 Å². The SMILES string of the molecule is NNc1nc(OC2CCC2)nc(N2CCOCC2)n1. The molecular weight excluding hydrogens is 248 g/mol. The molecule has 8 nitrogen and oxygen atoms in total.